The summed E-state index contributed by atoms with van der Waals surface area (Å²) in [5.41, 5.74) is 2.31. The standard InChI is InChI=1S/C25H36N6O/c1-2-26-25(27-15-21-16-28-31(18-21)17-20-9-5-3-6-10-20)29-23-13-14-30(19-23)24(32)22-11-7-4-8-12-22/h3,5-6,9-10,16,18,22-23H,2,4,7-8,11-15,17,19H2,1H3,(H2,26,27,29). The van der Waals surface area contributed by atoms with E-state index in [2.05, 4.69) is 45.9 Å². The average molecular weight is 437 g/mol. The topological polar surface area (TPSA) is 74.6 Å². The Bertz CT molecular complexity index is 887. The van der Waals surface area contributed by atoms with Gasteiger partial charge in [0.15, 0.2) is 5.96 Å². The van der Waals surface area contributed by atoms with Crippen molar-refractivity contribution in [3.8, 4) is 0 Å². The SMILES string of the molecule is CCNC(=NCc1cnn(Cc2ccccc2)c1)NC1CCN(C(=O)C2CCCCC2)C1. The van der Waals surface area contributed by atoms with Crippen LogP contribution in [0.1, 0.15) is 56.6 Å². The van der Waals surface area contributed by atoms with Crippen molar-refractivity contribution in [2.75, 3.05) is 19.6 Å². The summed E-state index contributed by atoms with van der Waals surface area (Å²) in [4.78, 5) is 19.7. The van der Waals surface area contributed by atoms with Crippen molar-refractivity contribution in [1.29, 1.82) is 0 Å². The number of nitrogens with zero attached hydrogens (tertiary/aromatic N) is 4. The third-order valence-corrected chi connectivity index (χ3v) is 6.43. The summed E-state index contributed by atoms with van der Waals surface area (Å²) in [5, 5.41) is 11.4. The molecule has 1 amide bonds. The molecule has 2 aliphatic rings. The summed E-state index contributed by atoms with van der Waals surface area (Å²) in [7, 11) is 0. The molecule has 2 heterocycles. The number of carbonyl (C=O) groups is 1. The first-order valence-corrected chi connectivity index (χ1v) is 12.1. The fourth-order valence-electron chi connectivity index (χ4n) is 4.71. The predicted molar refractivity (Wildman–Crippen MR) is 127 cm³/mol. The molecule has 7 nitrogen and oxygen atoms in total. The van der Waals surface area contributed by atoms with Crippen LogP contribution < -0.4 is 10.6 Å². The number of carbonyl (C=O) groups excluding carboxylic acids is 1. The Kier molecular flexibility index (Phi) is 7.80. The number of aromatic nitrogens is 2. The maximum absolute atomic E-state index is 12.8. The van der Waals surface area contributed by atoms with Crippen molar-refractivity contribution in [2.45, 2.75) is 64.6 Å². The molecule has 1 aliphatic heterocycles. The lowest BCUT2D eigenvalue weighted by Gasteiger charge is -2.26. The monoisotopic (exact) mass is 436 g/mol. The van der Waals surface area contributed by atoms with Crippen LogP contribution in [0.3, 0.4) is 0 Å². The van der Waals surface area contributed by atoms with Gasteiger partial charge in [-0.1, -0.05) is 49.6 Å². The minimum Gasteiger partial charge on any atom is -0.357 e. The zero-order valence-corrected chi connectivity index (χ0v) is 19.2. The molecule has 7 heteroatoms. The zero-order chi connectivity index (χ0) is 22.2. The largest absolute Gasteiger partial charge is 0.357 e. The molecule has 1 aliphatic carbocycles. The number of likely N-dealkylation sites (tertiary alicyclic amines) is 1. The summed E-state index contributed by atoms with van der Waals surface area (Å²) in [6.45, 7) is 5.82. The van der Waals surface area contributed by atoms with Crippen LogP contribution in [0.2, 0.25) is 0 Å². The Hall–Kier alpha value is -2.83. The second-order valence-electron chi connectivity index (χ2n) is 8.98. The van der Waals surface area contributed by atoms with Crippen molar-refractivity contribution in [1.82, 2.24) is 25.3 Å². The first-order chi connectivity index (χ1) is 15.7. The minimum absolute atomic E-state index is 0.247. The first kappa shape index (κ1) is 22.4. The molecule has 0 bridgehead atoms. The van der Waals surface area contributed by atoms with Gasteiger partial charge in [0.2, 0.25) is 5.91 Å². The maximum Gasteiger partial charge on any atom is 0.225 e. The lowest BCUT2D eigenvalue weighted by Crippen LogP contribution is -2.45. The van der Waals surface area contributed by atoms with Crippen molar-refractivity contribution in [3.05, 3.63) is 53.9 Å². The van der Waals surface area contributed by atoms with Crippen LogP contribution in [-0.2, 0) is 17.9 Å². The van der Waals surface area contributed by atoms with Gasteiger partial charge in [-0.3, -0.25) is 9.48 Å². The summed E-state index contributed by atoms with van der Waals surface area (Å²) in [6, 6.07) is 10.6. The number of amides is 1. The Labute approximate surface area is 191 Å². The van der Waals surface area contributed by atoms with Gasteiger partial charge in [0.25, 0.3) is 0 Å². The maximum atomic E-state index is 12.8. The van der Waals surface area contributed by atoms with E-state index in [0.717, 1.165) is 57.0 Å². The molecule has 1 saturated heterocycles. The molecule has 4 rings (SSSR count). The van der Waals surface area contributed by atoms with E-state index in [1.165, 1.54) is 24.8 Å². The van der Waals surface area contributed by atoms with Gasteiger partial charge in [0, 0.05) is 43.4 Å². The lowest BCUT2D eigenvalue weighted by molar-refractivity contribution is -0.135. The quantitative estimate of drug-likeness (QED) is 0.516. The van der Waals surface area contributed by atoms with Crippen LogP contribution in [0.25, 0.3) is 0 Å². The second kappa shape index (κ2) is 11.2. The Balaban J connectivity index is 1.29. The molecule has 172 valence electrons. The van der Waals surface area contributed by atoms with E-state index in [-0.39, 0.29) is 12.0 Å². The van der Waals surface area contributed by atoms with Gasteiger partial charge in [-0.15, -0.1) is 0 Å². The van der Waals surface area contributed by atoms with E-state index in [0.29, 0.717) is 12.5 Å². The third-order valence-electron chi connectivity index (χ3n) is 6.43. The van der Waals surface area contributed by atoms with Crippen LogP contribution in [0.4, 0.5) is 0 Å². The highest BCUT2D eigenvalue weighted by molar-refractivity contribution is 5.81. The number of hydrogen-bond donors (Lipinski definition) is 2. The highest BCUT2D eigenvalue weighted by Crippen LogP contribution is 2.26. The van der Waals surface area contributed by atoms with Crippen molar-refractivity contribution in [3.63, 3.8) is 0 Å². The van der Waals surface area contributed by atoms with Gasteiger partial charge >= 0.3 is 0 Å². The Morgan fingerprint density at radius 3 is 2.72 bits per heavy atom. The number of rotatable bonds is 7. The molecule has 1 aromatic heterocycles. The Morgan fingerprint density at radius 2 is 1.94 bits per heavy atom. The van der Waals surface area contributed by atoms with E-state index >= 15 is 0 Å². The van der Waals surface area contributed by atoms with Gasteiger partial charge in [-0.05, 0) is 31.7 Å². The van der Waals surface area contributed by atoms with Crippen LogP contribution in [0.5, 0.6) is 0 Å². The molecule has 0 spiro atoms. The van der Waals surface area contributed by atoms with Gasteiger partial charge in [-0.25, -0.2) is 4.99 Å². The van der Waals surface area contributed by atoms with Crippen LogP contribution >= 0.6 is 0 Å². The number of hydrogen-bond acceptors (Lipinski definition) is 3. The number of guanidine groups is 1. The van der Waals surface area contributed by atoms with E-state index < -0.39 is 0 Å². The number of aliphatic imine (C=N–C) groups is 1. The molecular formula is C25H36N6O. The summed E-state index contributed by atoms with van der Waals surface area (Å²) in [5.74, 6) is 1.42. The first-order valence-electron chi connectivity index (χ1n) is 12.1. The highest BCUT2D eigenvalue weighted by atomic mass is 16.2. The molecular weight excluding hydrogens is 400 g/mol. The molecule has 2 aromatic rings. The fraction of sp³-hybridized carbons (Fsp3) is 0.560. The number of benzene rings is 1. The second-order valence-corrected chi connectivity index (χ2v) is 8.98. The van der Waals surface area contributed by atoms with Crippen LogP contribution in [-0.4, -0.2) is 52.2 Å². The molecule has 0 radical (unpaired) electrons. The fourth-order valence-corrected chi connectivity index (χ4v) is 4.71. The molecule has 2 fully saturated rings. The van der Waals surface area contributed by atoms with Gasteiger partial charge in [0.1, 0.15) is 0 Å². The van der Waals surface area contributed by atoms with Gasteiger partial charge in [0.05, 0.1) is 19.3 Å². The minimum atomic E-state index is 0.247. The molecule has 1 unspecified atom stereocenters. The van der Waals surface area contributed by atoms with E-state index in [4.69, 9.17) is 4.99 Å². The Morgan fingerprint density at radius 1 is 1.12 bits per heavy atom. The number of nitrogens with one attached hydrogen (secondary N) is 2. The van der Waals surface area contributed by atoms with E-state index in [1.54, 1.807) is 0 Å². The van der Waals surface area contributed by atoms with Gasteiger partial charge in [-0.2, -0.15) is 5.10 Å². The highest BCUT2D eigenvalue weighted by Gasteiger charge is 2.31. The molecule has 2 N–H and O–H groups in total. The molecule has 1 atom stereocenters. The van der Waals surface area contributed by atoms with Crippen LogP contribution in [0, 0.1) is 5.92 Å². The molecule has 1 aromatic carbocycles. The van der Waals surface area contributed by atoms with Crippen LogP contribution in [0.15, 0.2) is 47.7 Å². The smallest absolute Gasteiger partial charge is 0.225 e. The van der Waals surface area contributed by atoms with Gasteiger partial charge < -0.3 is 15.5 Å². The average Bonchev–Trinajstić information content (AvgIpc) is 3.48. The van der Waals surface area contributed by atoms with Crippen molar-refractivity contribution < 1.29 is 4.79 Å². The molecule has 32 heavy (non-hydrogen) atoms. The zero-order valence-electron chi connectivity index (χ0n) is 19.2. The predicted octanol–water partition coefficient (Wildman–Crippen LogP) is 3.17. The summed E-state index contributed by atoms with van der Waals surface area (Å²) >= 11 is 0. The molecule has 1 saturated carbocycles. The summed E-state index contributed by atoms with van der Waals surface area (Å²) in [6.07, 6.45) is 10.7. The normalized spacial score (nSPS) is 19.8. The van der Waals surface area contributed by atoms with Crippen molar-refractivity contribution >= 4 is 11.9 Å². The third kappa shape index (κ3) is 6.11. The van der Waals surface area contributed by atoms with E-state index in [9.17, 15) is 4.79 Å². The van der Waals surface area contributed by atoms with Crippen molar-refractivity contribution in [2.24, 2.45) is 10.9 Å². The lowest BCUT2D eigenvalue weighted by atomic mass is 9.88. The van der Waals surface area contributed by atoms with E-state index in [1.807, 2.05) is 29.1 Å². The summed E-state index contributed by atoms with van der Waals surface area (Å²) < 4.78 is 1.95.